The van der Waals surface area contributed by atoms with E-state index in [1.54, 1.807) is 7.05 Å². The molecule has 1 heterocycles. The van der Waals surface area contributed by atoms with Crippen LogP contribution in [0, 0.1) is 0 Å². The number of nitrogens with zero attached hydrogens (tertiary/aromatic N) is 1. The first kappa shape index (κ1) is 12.7. The number of likely N-dealkylation sites (N-methyl/N-ethyl adjacent to an activating group) is 1. The summed E-state index contributed by atoms with van der Waals surface area (Å²) in [5, 5.41) is 3.33. The highest BCUT2D eigenvalue weighted by molar-refractivity contribution is 7.89. The van der Waals surface area contributed by atoms with Gasteiger partial charge in [0.2, 0.25) is 10.0 Å². The van der Waals surface area contributed by atoms with Gasteiger partial charge in [0, 0.05) is 19.6 Å². The van der Waals surface area contributed by atoms with E-state index in [9.17, 15) is 8.42 Å². The van der Waals surface area contributed by atoms with Crippen molar-refractivity contribution in [3.05, 3.63) is 12.7 Å². The molecule has 1 unspecified atom stereocenters. The molecule has 0 aromatic rings. The second-order valence-electron chi connectivity index (χ2n) is 3.99. The highest BCUT2D eigenvalue weighted by atomic mass is 32.2. The average molecular weight is 232 g/mol. The summed E-state index contributed by atoms with van der Waals surface area (Å²) in [4.78, 5) is 0. The molecule has 1 atom stereocenters. The molecule has 88 valence electrons. The summed E-state index contributed by atoms with van der Waals surface area (Å²) >= 11 is 0. The summed E-state index contributed by atoms with van der Waals surface area (Å²) in [6.45, 7) is 5.02. The van der Waals surface area contributed by atoms with Gasteiger partial charge < -0.3 is 5.32 Å². The third-order valence-electron chi connectivity index (χ3n) is 2.69. The van der Waals surface area contributed by atoms with Crippen LogP contribution in [0.5, 0.6) is 0 Å². The number of rotatable bonds is 5. The van der Waals surface area contributed by atoms with Gasteiger partial charge in [0.05, 0.1) is 5.75 Å². The zero-order valence-corrected chi connectivity index (χ0v) is 10.1. The predicted octanol–water partition coefficient (Wildman–Crippen LogP) is 0.576. The fourth-order valence-corrected chi connectivity index (χ4v) is 2.74. The minimum Gasteiger partial charge on any atom is -0.313 e. The molecule has 0 aliphatic carbocycles. The van der Waals surface area contributed by atoms with E-state index in [-0.39, 0.29) is 5.75 Å². The Kier molecular flexibility index (Phi) is 4.76. The maximum Gasteiger partial charge on any atom is 0.217 e. The smallest absolute Gasteiger partial charge is 0.217 e. The molecule has 5 heteroatoms. The van der Waals surface area contributed by atoms with Crippen LogP contribution in [0.3, 0.4) is 0 Å². The minimum absolute atomic E-state index is 0.0240. The van der Waals surface area contributed by atoms with Crippen molar-refractivity contribution in [3.63, 3.8) is 0 Å². The largest absolute Gasteiger partial charge is 0.313 e. The SMILES string of the molecule is C=CCS(=O)(=O)N(C)CC1CCCCN1. The Labute approximate surface area is 92.4 Å². The fourth-order valence-electron chi connectivity index (χ4n) is 1.78. The molecule has 1 aliphatic heterocycles. The van der Waals surface area contributed by atoms with E-state index in [1.807, 2.05) is 0 Å². The fraction of sp³-hybridized carbons (Fsp3) is 0.800. The van der Waals surface area contributed by atoms with Gasteiger partial charge in [-0.2, -0.15) is 0 Å². The molecule has 4 nitrogen and oxygen atoms in total. The van der Waals surface area contributed by atoms with Crippen molar-refractivity contribution >= 4 is 10.0 Å². The van der Waals surface area contributed by atoms with Crippen molar-refractivity contribution in [1.29, 1.82) is 0 Å². The Morgan fingerprint density at radius 3 is 2.80 bits per heavy atom. The lowest BCUT2D eigenvalue weighted by atomic mass is 10.1. The third kappa shape index (κ3) is 3.93. The normalized spacial score (nSPS) is 22.9. The molecule has 1 rings (SSSR count). The molecule has 0 amide bonds. The van der Waals surface area contributed by atoms with E-state index < -0.39 is 10.0 Å². The van der Waals surface area contributed by atoms with Crippen LogP contribution in [0.4, 0.5) is 0 Å². The molecule has 0 bridgehead atoms. The van der Waals surface area contributed by atoms with Crippen molar-refractivity contribution in [2.75, 3.05) is 25.9 Å². The van der Waals surface area contributed by atoms with E-state index >= 15 is 0 Å². The van der Waals surface area contributed by atoms with Crippen LogP contribution in [-0.4, -0.2) is 44.7 Å². The summed E-state index contributed by atoms with van der Waals surface area (Å²) in [6.07, 6.45) is 4.88. The number of hydrogen-bond donors (Lipinski definition) is 1. The molecule has 0 aromatic carbocycles. The van der Waals surface area contributed by atoms with Crippen molar-refractivity contribution in [2.24, 2.45) is 0 Å². The average Bonchev–Trinajstić information content (AvgIpc) is 2.19. The maximum atomic E-state index is 11.6. The van der Waals surface area contributed by atoms with Gasteiger partial charge in [0.15, 0.2) is 0 Å². The van der Waals surface area contributed by atoms with Crippen molar-refractivity contribution < 1.29 is 8.42 Å². The van der Waals surface area contributed by atoms with Crippen molar-refractivity contribution in [3.8, 4) is 0 Å². The summed E-state index contributed by atoms with van der Waals surface area (Å²) in [6, 6.07) is 0.309. The molecular formula is C10H20N2O2S. The van der Waals surface area contributed by atoms with Crippen molar-refractivity contribution in [2.45, 2.75) is 25.3 Å². The number of hydrogen-bond acceptors (Lipinski definition) is 3. The maximum absolute atomic E-state index is 11.6. The summed E-state index contributed by atoms with van der Waals surface area (Å²) in [7, 11) is -1.50. The number of sulfonamides is 1. The first-order valence-electron chi connectivity index (χ1n) is 5.34. The first-order valence-corrected chi connectivity index (χ1v) is 6.95. The lowest BCUT2D eigenvalue weighted by molar-refractivity contribution is 0.338. The second-order valence-corrected chi connectivity index (χ2v) is 6.12. The highest BCUT2D eigenvalue weighted by Crippen LogP contribution is 2.09. The molecule has 0 aromatic heterocycles. The summed E-state index contributed by atoms with van der Waals surface area (Å²) < 4.78 is 24.7. The standard InChI is InChI=1S/C10H20N2O2S/c1-3-8-15(13,14)12(2)9-10-6-4-5-7-11-10/h3,10-11H,1,4-9H2,2H3. The Bertz CT molecular complexity index is 295. The number of nitrogens with one attached hydrogen (secondary N) is 1. The highest BCUT2D eigenvalue weighted by Gasteiger charge is 2.21. The molecular weight excluding hydrogens is 212 g/mol. The molecule has 0 radical (unpaired) electrons. The quantitative estimate of drug-likeness (QED) is 0.705. The monoisotopic (exact) mass is 232 g/mol. The van der Waals surface area contributed by atoms with Crippen molar-refractivity contribution in [1.82, 2.24) is 9.62 Å². The van der Waals surface area contributed by atoms with Crippen LogP contribution >= 0.6 is 0 Å². The van der Waals surface area contributed by atoms with Gasteiger partial charge >= 0.3 is 0 Å². The Morgan fingerprint density at radius 2 is 2.27 bits per heavy atom. The third-order valence-corrected chi connectivity index (χ3v) is 4.45. The molecule has 15 heavy (non-hydrogen) atoms. The topological polar surface area (TPSA) is 49.4 Å². The molecule has 1 fully saturated rings. The van der Waals surface area contributed by atoms with E-state index in [4.69, 9.17) is 0 Å². The summed E-state index contributed by atoms with van der Waals surface area (Å²) in [5.74, 6) is 0.0240. The van der Waals surface area contributed by atoms with E-state index in [0.29, 0.717) is 12.6 Å². The van der Waals surface area contributed by atoms with Gasteiger partial charge in [-0.3, -0.25) is 0 Å². The van der Waals surface area contributed by atoms with Crippen LogP contribution in [0.25, 0.3) is 0 Å². The second kappa shape index (κ2) is 5.63. The van der Waals surface area contributed by atoms with Gasteiger partial charge in [-0.15, -0.1) is 6.58 Å². The molecule has 0 spiro atoms. The van der Waals surface area contributed by atoms with Crippen LogP contribution in [0.2, 0.25) is 0 Å². The number of piperidine rings is 1. The van der Waals surface area contributed by atoms with Crippen LogP contribution in [0.15, 0.2) is 12.7 Å². The first-order chi connectivity index (χ1) is 7.06. The Morgan fingerprint density at radius 1 is 1.53 bits per heavy atom. The van der Waals surface area contributed by atoms with E-state index in [1.165, 1.54) is 23.2 Å². The zero-order valence-electron chi connectivity index (χ0n) is 9.28. The van der Waals surface area contributed by atoms with Gasteiger partial charge in [0.1, 0.15) is 0 Å². The molecule has 1 N–H and O–H groups in total. The van der Waals surface area contributed by atoms with Crippen LogP contribution in [-0.2, 0) is 10.0 Å². The van der Waals surface area contributed by atoms with E-state index in [2.05, 4.69) is 11.9 Å². The Balaban J connectivity index is 2.46. The van der Waals surface area contributed by atoms with Gasteiger partial charge in [0.25, 0.3) is 0 Å². The van der Waals surface area contributed by atoms with E-state index in [0.717, 1.165) is 13.0 Å². The van der Waals surface area contributed by atoms with Crippen LogP contribution < -0.4 is 5.32 Å². The predicted molar refractivity (Wildman–Crippen MR) is 62.3 cm³/mol. The van der Waals surface area contributed by atoms with Gasteiger partial charge in [-0.25, -0.2) is 12.7 Å². The molecule has 0 saturated carbocycles. The lowest BCUT2D eigenvalue weighted by Crippen LogP contribution is -2.44. The van der Waals surface area contributed by atoms with Gasteiger partial charge in [-0.1, -0.05) is 12.5 Å². The van der Waals surface area contributed by atoms with Crippen LogP contribution in [0.1, 0.15) is 19.3 Å². The molecule has 1 aliphatic rings. The van der Waals surface area contributed by atoms with Gasteiger partial charge in [-0.05, 0) is 19.4 Å². The minimum atomic E-state index is -3.13. The summed E-state index contributed by atoms with van der Waals surface area (Å²) in [5.41, 5.74) is 0. The lowest BCUT2D eigenvalue weighted by Gasteiger charge is -2.27. The zero-order chi connectivity index (χ0) is 11.3. The molecule has 1 saturated heterocycles. The Hall–Kier alpha value is -0.390.